The van der Waals surface area contributed by atoms with Gasteiger partial charge in [-0.25, -0.2) is 0 Å². The van der Waals surface area contributed by atoms with Crippen molar-refractivity contribution in [2.24, 2.45) is 23.7 Å². The average molecular weight is 296 g/mol. The predicted octanol–water partition coefficient (Wildman–Crippen LogP) is 5.90. The number of hydrogen-bond donors (Lipinski definition) is 1. The van der Waals surface area contributed by atoms with E-state index in [1.165, 1.54) is 44.9 Å². The van der Waals surface area contributed by atoms with Crippen LogP contribution in [-0.2, 0) is 4.79 Å². The lowest BCUT2D eigenvalue weighted by molar-refractivity contribution is -0.145. The van der Waals surface area contributed by atoms with Crippen molar-refractivity contribution < 1.29 is 9.90 Å². The zero-order valence-corrected chi connectivity index (χ0v) is 14.4. The monoisotopic (exact) mass is 296 g/mol. The van der Waals surface area contributed by atoms with E-state index in [0.29, 0.717) is 11.8 Å². The fourth-order valence-corrected chi connectivity index (χ4v) is 3.91. The molecule has 1 rings (SSSR count). The fourth-order valence-electron chi connectivity index (χ4n) is 3.91. The van der Waals surface area contributed by atoms with Crippen LogP contribution < -0.4 is 0 Å². The smallest absolute Gasteiger partial charge is 0.306 e. The molecule has 0 saturated heterocycles. The van der Waals surface area contributed by atoms with Crippen LogP contribution in [0.1, 0.15) is 91.4 Å². The highest BCUT2D eigenvalue weighted by Gasteiger charge is 2.35. The molecule has 2 heteroatoms. The van der Waals surface area contributed by atoms with Crippen LogP contribution >= 0.6 is 0 Å². The minimum Gasteiger partial charge on any atom is -0.481 e. The maximum absolute atomic E-state index is 11.4. The van der Waals surface area contributed by atoms with E-state index in [0.717, 1.165) is 31.6 Å². The Morgan fingerprint density at radius 1 is 1.05 bits per heavy atom. The van der Waals surface area contributed by atoms with Gasteiger partial charge in [-0.1, -0.05) is 65.7 Å². The first-order valence-corrected chi connectivity index (χ1v) is 9.29. The topological polar surface area (TPSA) is 37.3 Å². The molecule has 1 saturated carbocycles. The number of hydrogen-bond acceptors (Lipinski definition) is 1. The molecule has 0 aromatic heterocycles. The number of rotatable bonds is 10. The van der Waals surface area contributed by atoms with E-state index in [2.05, 4.69) is 20.8 Å². The van der Waals surface area contributed by atoms with Crippen molar-refractivity contribution in [2.45, 2.75) is 91.4 Å². The third-order valence-corrected chi connectivity index (χ3v) is 5.46. The van der Waals surface area contributed by atoms with Gasteiger partial charge in [-0.2, -0.15) is 0 Å². The summed E-state index contributed by atoms with van der Waals surface area (Å²) in [4.78, 5) is 11.4. The molecule has 0 aliphatic heterocycles. The van der Waals surface area contributed by atoms with Crippen LogP contribution in [0.3, 0.4) is 0 Å². The molecule has 1 aliphatic carbocycles. The zero-order valence-electron chi connectivity index (χ0n) is 14.4. The molecule has 0 spiro atoms. The first-order valence-electron chi connectivity index (χ1n) is 9.29. The Labute approximate surface area is 131 Å². The fraction of sp³-hybridized carbons (Fsp3) is 0.947. The Hall–Kier alpha value is -0.530. The summed E-state index contributed by atoms with van der Waals surface area (Å²) < 4.78 is 0. The van der Waals surface area contributed by atoms with Crippen LogP contribution in [0.15, 0.2) is 0 Å². The molecule has 2 nitrogen and oxygen atoms in total. The second-order valence-electron chi connectivity index (χ2n) is 7.43. The van der Waals surface area contributed by atoms with Crippen molar-refractivity contribution in [3.63, 3.8) is 0 Å². The third kappa shape index (κ3) is 6.84. The Morgan fingerprint density at radius 3 is 2.24 bits per heavy atom. The summed E-state index contributed by atoms with van der Waals surface area (Å²) in [6.07, 6.45) is 13.5. The van der Waals surface area contributed by atoms with E-state index in [9.17, 15) is 9.90 Å². The molecule has 1 N–H and O–H groups in total. The maximum atomic E-state index is 11.4. The standard InChI is InChI=1S/C19H36O2/c1-4-5-6-7-8-9-10-11-17-14-16(15(2)3)12-13-18(17)19(20)21/h15-18H,4-14H2,1-3H3,(H,20,21). The predicted molar refractivity (Wildman–Crippen MR) is 89.4 cm³/mol. The molecule has 3 atom stereocenters. The van der Waals surface area contributed by atoms with Gasteiger partial charge in [0.15, 0.2) is 0 Å². The molecule has 1 fully saturated rings. The normalized spacial score (nSPS) is 26.2. The molecule has 0 heterocycles. The summed E-state index contributed by atoms with van der Waals surface area (Å²) in [5.41, 5.74) is 0. The van der Waals surface area contributed by atoms with Crippen molar-refractivity contribution in [3.8, 4) is 0 Å². The Bertz CT molecular complexity index is 285. The van der Waals surface area contributed by atoms with Gasteiger partial charge in [0.25, 0.3) is 0 Å². The van der Waals surface area contributed by atoms with Gasteiger partial charge in [-0.15, -0.1) is 0 Å². The zero-order chi connectivity index (χ0) is 15.7. The quantitative estimate of drug-likeness (QED) is 0.509. The largest absolute Gasteiger partial charge is 0.481 e. The molecule has 0 aromatic carbocycles. The van der Waals surface area contributed by atoms with Crippen molar-refractivity contribution in [1.82, 2.24) is 0 Å². The van der Waals surface area contributed by atoms with Crippen LogP contribution in [0.4, 0.5) is 0 Å². The van der Waals surface area contributed by atoms with Crippen molar-refractivity contribution in [2.75, 3.05) is 0 Å². The molecular formula is C19H36O2. The van der Waals surface area contributed by atoms with Gasteiger partial charge in [0.2, 0.25) is 0 Å². The summed E-state index contributed by atoms with van der Waals surface area (Å²) in [6, 6.07) is 0. The highest BCUT2D eigenvalue weighted by molar-refractivity contribution is 5.70. The summed E-state index contributed by atoms with van der Waals surface area (Å²) in [7, 11) is 0. The maximum Gasteiger partial charge on any atom is 0.306 e. The van der Waals surface area contributed by atoms with Gasteiger partial charge >= 0.3 is 5.97 Å². The lowest BCUT2D eigenvalue weighted by Crippen LogP contribution is -2.32. The molecule has 0 radical (unpaired) electrons. The highest BCUT2D eigenvalue weighted by atomic mass is 16.4. The van der Waals surface area contributed by atoms with Gasteiger partial charge in [0.1, 0.15) is 0 Å². The molecule has 0 aromatic rings. The van der Waals surface area contributed by atoms with Gasteiger partial charge in [-0.3, -0.25) is 4.79 Å². The van der Waals surface area contributed by atoms with Gasteiger partial charge < -0.3 is 5.11 Å². The summed E-state index contributed by atoms with van der Waals surface area (Å²) >= 11 is 0. The molecular weight excluding hydrogens is 260 g/mol. The summed E-state index contributed by atoms with van der Waals surface area (Å²) in [5.74, 6) is 1.26. The molecule has 3 unspecified atom stereocenters. The van der Waals surface area contributed by atoms with Gasteiger partial charge in [-0.05, 0) is 43.4 Å². The average Bonchev–Trinajstić information content (AvgIpc) is 2.45. The molecule has 21 heavy (non-hydrogen) atoms. The number of carbonyl (C=O) groups is 1. The Balaban J connectivity index is 2.28. The number of unbranched alkanes of at least 4 members (excludes halogenated alkanes) is 6. The van der Waals surface area contributed by atoms with E-state index >= 15 is 0 Å². The molecule has 0 amide bonds. The molecule has 124 valence electrons. The van der Waals surface area contributed by atoms with Crippen molar-refractivity contribution in [3.05, 3.63) is 0 Å². The highest BCUT2D eigenvalue weighted by Crippen LogP contribution is 2.40. The third-order valence-electron chi connectivity index (χ3n) is 5.46. The Kier molecular flexibility index (Phi) is 9.03. The first kappa shape index (κ1) is 18.5. The number of aliphatic carboxylic acids is 1. The SMILES string of the molecule is CCCCCCCCCC1CC(C(C)C)CCC1C(=O)O. The van der Waals surface area contributed by atoms with Crippen LogP contribution in [0, 0.1) is 23.7 Å². The lowest BCUT2D eigenvalue weighted by atomic mass is 9.69. The lowest BCUT2D eigenvalue weighted by Gasteiger charge is -2.36. The minimum absolute atomic E-state index is 0.0694. The van der Waals surface area contributed by atoms with Crippen molar-refractivity contribution >= 4 is 5.97 Å². The first-order chi connectivity index (χ1) is 10.1. The van der Waals surface area contributed by atoms with E-state index in [4.69, 9.17) is 0 Å². The van der Waals surface area contributed by atoms with E-state index < -0.39 is 5.97 Å². The van der Waals surface area contributed by atoms with Crippen molar-refractivity contribution in [1.29, 1.82) is 0 Å². The van der Waals surface area contributed by atoms with Crippen LogP contribution in [-0.4, -0.2) is 11.1 Å². The van der Waals surface area contributed by atoms with E-state index in [-0.39, 0.29) is 5.92 Å². The van der Waals surface area contributed by atoms with Gasteiger partial charge in [0.05, 0.1) is 5.92 Å². The second-order valence-corrected chi connectivity index (χ2v) is 7.43. The number of carboxylic acids is 1. The number of carboxylic acid groups (broad SMARTS) is 1. The van der Waals surface area contributed by atoms with Crippen LogP contribution in [0.2, 0.25) is 0 Å². The van der Waals surface area contributed by atoms with Crippen LogP contribution in [0.5, 0.6) is 0 Å². The second kappa shape index (κ2) is 10.2. The van der Waals surface area contributed by atoms with Crippen LogP contribution in [0.25, 0.3) is 0 Å². The molecule has 1 aliphatic rings. The minimum atomic E-state index is -0.551. The summed E-state index contributed by atoms with van der Waals surface area (Å²) in [5, 5.41) is 9.43. The van der Waals surface area contributed by atoms with E-state index in [1.54, 1.807) is 0 Å². The van der Waals surface area contributed by atoms with E-state index in [1.807, 2.05) is 0 Å². The summed E-state index contributed by atoms with van der Waals surface area (Å²) in [6.45, 7) is 6.83. The molecule has 0 bridgehead atoms. The van der Waals surface area contributed by atoms with Gasteiger partial charge in [0, 0.05) is 0 Å². The Morgan fingerprint density at radius 2 is 1.67 bits per heavy atom.